The van der Waals surface area contributed by atoms with Crippen LogP contribution in [-0.4, -0.2) is 20.8 Å². The molecule has 0 saturated heterocycles. The van der Waals surface area contributed by atoms with Crippen molar-refractivity contribution in [2.45, 2.75) is 24.2 Å². The van der Waals surface area contributed by atoms with E-state index in [4.69, 9.17) is 0 Å². The first-order chi connectivity index (χ1) is 7.68. The zero-order valence-electron chi connectivity index (χ0n) is 8.89. The highest BCUT2D eigenvalue weighted by atomic mass is 32.2. The van der Waals surface area contributed by atoms with Gasteiger partial charge >= 0.3 is 0 Å². The number of rotatable bonds is 2. The number of nitrogens with one attached hydrogen (secondary N) is 1. The molecule has 1 heterocycles. The van der Waals surface area contributed by atoms with E-state index in [9.17, 15) is 8.42 Å². The number of benzene rings is 1. The summed E-state index contributed by atoms with van der Waals surface area (Å²) in [6.07, 6.45) is 2.75. The lowest BCUT2D eigenvalue weighted by molar-refractivity contribution is 0.590. The molecule has 0 fully saturated rings. The van der Waals surface area contributed by atoms with Crippen molar-refractivity contribution in [3.05, 3.63) is 30.3 Å². The summed E-state index contributed by atoms with van der Waals surface area (Å²) < 4.78 is 26.4. The van der Waals surface area contributed by atoms with E-state index < -0.39 is 10.0 Å². The summed E-state index contributed by atoms with van der Waals surface area (Å²) in [5, 5.41) is 0. The number of sulfonamides is 1. The molecular formula is C11H14N2O2S. The zero-order valence-corrected chi connectivity index (χ0v) is 9.70. The lowest BCUT2D eigenvalue weighted by Crippen LogP contribution is -2.32. The summed E-state index contributed by atoms with van der Waals surface area (Å²) in [6.45, 7) is 0.715. The van der Waals surface area contributed by atoms with Crippen LogP contribution in [0.4, 0.5) is 0 Å². The smallest absolute Gasteiger partial charge is 0.262 e. The van der Waals surface area contributed by atoms with Crippen LogP contribution < -0.4 is 4.72 Å². The Kier molecular flexibility index (Phi) is 3.24. The Bertz CT molecular complexity index is 480. The van der Waals surface area contributed by atoms with E-state index in [0.717, 1.165) is 12.8 Å². The summed E-state index contributed by atoms with van der Waals surface area (Å²) in [7, 11) is -3.44. The van der Waals surface area contributed by atoms with E-state index in [1.54, 1.807) is 30.3 Å². The minimum absolute atomic E-state index is 0.281. The van der Waals surface area contributed by atoms with Gasteiger partial charge in [0.25, 0.3) is 10.0 Å². The molecule has 0 aliphatic carbocycles. The molecule has 0 amide bonds. The summed E-state index contributed by atoms with van der Waals surface area (Å²) in [5.74, 6) is 0.579. The minimum Gasteiger partial charge on any atom is -0.272 e. The van der Waals surface area contributed by atoms with Crippen molar-refractivity contribution in [2.24, 2.45) is 4.99 Å². The first-order valence-electron chi connectivity index (χ1n) is 5.30. The van der Waals surface area contributed by atoms with Gasteiger partial charge in [-0.05, 0) is 25.0 Å². The van der Waals surface area contributed by atoms with E-state index in [1.165, 1.54) is 0 Å². The Morgan fingerprint density at radius 2 is 1.88 bits per heavy atom. The van der Waals surface area contributed by atoms with Crippen molar-refractivity contribution < 1.29 is 8.42 Å². The van der Waals surface area contributed by atoms with Crippen LogP contribution in [0, 0.1) is 0 Å². The monoisotopic (exact) mass is 238 g/mol. The third-order valence-corrected chi connectivity index (χ3v) is 3.83. The molecule has 2 rings (SSSR count). The summed E-state index contributed by atoms with van der Waals surface area (Å²) >= 11 is 0. The molecule has 1 N–H and O–H groups in total. The lowest BCUT2D eigenvalue weighted by Gasteiger charge is -2.14. The van der Waals surface area contributed by atoms with E-state index in [1.807, 2.05) is 0 Å². The number of nitrogens with zero attached hydrogens (tertiary/aromatic N) is 1. The fraction of sp³-hybridized carbons (Fsp3) is 0.364. The van der Waals surface area contributed by atoms with Gasteiger partial charge in [-0.3, -0.25) is 9.71 Å². The third-order valence-electron chi connectivity index (χ3n) is 2.43. The molecule has 1 aromatic rings. The van der Waals surface area contributed by atoms with Crippen LogP contribution in [0.15, 0.2) is 40.2 Å². The van der Waals surface area contributed by atoms with Crippen LogP contribution in [0.5, 0.6) is 0 Å². The maximum Gasteiger partial charge on any atom is 0.262 e. The van der Waals surface area contributed by atoms with E-state index in [-0.39, 0.29) is 4.90 Å². The molecule has 0 unspecified atom stereocenters. The molecule has 4 nitrogen and oxygen atoms in total. The van der Waals surface area contributed by atoms with Crippen molar-refractivity contribution in [1.29, 1.82) is 0 Å². The Morgan fingerprint density at radius 3 is 2.50 bits per heavy atom. The predicted octanol–water partition coefficient (Wildman–Crippen LogP) is 1.55. The molecule has 0 atom stereocenters. The number of amidine groups is 1. The van der Waals surface area contributed by atoms with Crippen molar-refractivity contribution >= 4 is 15.9 Å². The Labute approximate surface area is 95.5 Å². The highest BCUT2D eigenvalue weighted by Gasteiger charge is 2.16. The van der Waals surface area contributed by atoms with Gasteiger partial charge in [-0.25, -0.2) is 8.42 Å². The van der Waals surface area contributed by atoms with Crippen LogP contribution in [-0.2, 0) is 10.0 Å². The third kappa shape index (κ3) is 2.61. The first-order valence-corrected chi connectivity index (χ1v) is 6.78. The van der Waals surface area contributed by atoms with Gasteiger partial charge in [-0.15, -0.1) is 0 Å². The average Bonchev–Trinajstić information content (AvgIpc) is 2.31. The van der Waals surface area contributed by atoms with Gasteiger partial charge in [-0.1, -0.05) is 18.2 Å². The standard InChI is InChI=1S/C11H14N2O2S/c14-16(15,10-6-2-1-3-7-10)13-11-8-4-5-9-12-11/h1-3,6-7H,4-5,8-9H2,(H,12,13). The second-order valence-corrected chi connectivity index (χ2v) is 5.39. The molecule has 1 aliphatic heterocycles. The van der Waals surface area contributed by atoms with E-state index in [0.29, 0.717) is 18.8 Å². The van der Waals surface area contributed by atoms with Crippen molar-refractivity contribution in [3.63, 3.8) is 0 Å². The maximum absolute atomic E-state index is 11.9. The molecule has 0 saturated carbocycles. The van der Waals surface area contributed by atoms with Crippen LogP contribution in [0.25, 0.3) is 0 Å². The van der Waals surface area contributed by atoms with E-state index >= 15 is 0 Å². The van der Waals surface area contributed by atoms with Crippen LogP contribution >= 0.6 is 0 Å². The predicted molar refractivity (Wildman–Crippen MR) is 62.9 cm³/mol. The molecule has 1 aliphatic rings. The normalized spacial score (nSPS) is 16.6. The molecule has 0 bridgehead atoms. The second-order valence-electron chi connectivity index (χ2n) is 3.70. The zero-order chi connectivity index (χ0) is 11.4. The van der Waals surface area contributed by atoms with Crippen LogP contribution in [0.3, 0.4) is 0 Å². The summed E-state index contributed by atoms with van der Waals surface area (Å²) in [5.41, 5.74) is 0. The highest BCUT2D eigenvalue weighted by Crippen LogP contribution is 2.10. The van der Waals surface area contributed by atoms with Gasteiger partial charge < -0.3 is 0 Å². The quantitative estimate of drug-likeness (QED) is 0.849. The molecule has 1 aromatic carbocycles. The Morgan fingerprint density at radius 1 is 1.12 bits per heavy atom. The highest BCUT2D eigenvalue weighted by molar-refractivity contribution is 7.90. The maximum atomic E-state index is 11.9. The van der Waals surface area contributed by atoms with Crippen LogP contribution in [0.2, 0.25) is 0 Å². The summed E-state index contributed by atoms with van der Waals surface area (Å²) in [6, 6.07) is 8.35. The second kappa shape index (κ2) is 4.65. The molecule has 0 aromatic heterocycles. The van der Waals surface area contributed by atoms with Gasteiger partial charge in [-0.2, -0.15) is 0 Å². The van der Waals surface area contributed by atoms with Crippen LogP contribution in [0.1, 0.15) is 19.3 Å². The summed E-state index contributed by atoms with van der Waals surface area (Å²) in [4.78, 5) is 4.45. The van der Waals surface area contributed by atoms with Gasteiger partial charge in [0.1, 0.15) is 5.84 Å². The molecule has 0 spiro atoms. The van der Waals surface area contributed by atoms with Gasteiger partial charge in [0.2, 0.25) is 0 Å². The topological polar surface area (TPSA) is 58.5 Å². The fourth-order valence-corrected chi connectivity index (χ4v) is 2.70. The van der Waals surface area contributed by atoms with Crippen molar-refractivity contribution in [1.82, 2.24) is 4.72 Å². The molecule has 86 valence electrons. The average molecular weight is 238 g/mol. The molecule has 16 heavy (non-hydrogen) atoms. The Balaban J connectivity index is 2.18. The van der Waals surface area contributed by atoms with Gasteiger partial charge in [0, 0.05) is 13.0 Å². The molecular weight excluding hydrogens is 224 g/mol. The first kappa shape index (κ1) is 11.1. The van der Waals surface area contributed by atoms with Gasteiger partial charge in [0.05, 0.1) is 4.90 Å². The van der Waals surface area contributed by atoms with Crippen molar-refractivity contribution in [3.8, 4) is 0 Å². The molecule has 5 heteroatoms. The van der Waals surface area contributed by atoms with Crippen molar-refractivity contribution in [2.75, 3.05) is 6.54 Å². The molecule has 0 radical (unpaired) electrons. The fourth-order valence-electron chi connectivity index (χ4n) is 1.59. The largest absolute Gasteiger partial charge is 0.272 e. The Hall–Kier alpha value is -1.36. The SMILES string of the molecule is O=S(=O)(NC1=NCCCC1)c1ccccc1. The number of aliphatic imine (C=N–C) groups is 1. The number of hydrogen-bond donors (Lipinski definition) is 1. The van der Waals surface area contributed by atoms with Gasteiger partial charge in [0.15, 0.2) is 0 Å². The lowest BCUT2D eigenvalue weighted by atomic mass is 10.2. The number of hydrogen-bond acceptors (Lipinski definition) is 3. The minimum atomic E-state index is -3.44. The van der Waals surface area contributed by atoms with E-state index in [2.05, 4.69) is 9.71 Å².